The lowest BCUT2D eigenvalue weighted by molar-refractivity contribution is -0.136. The van der Waals surface area contributed by atoms with Crippen LogP contribution in [0.1, 0.15) is 75.1 Å². The lowest BCUT2D eigenvalue weighted by Crippen LogP contribution is -2.31. The molecular formula is C30H29N3O7. The molecule has 206 valence electrons. The smallest absolute Gasteiger partial charge is 0.338 e. The van der Waals surface area contributed by atoms with Gasteiger partial charge in [-0.15, -0.1) is 0 Å². The molecule has 0 aliphatic carbocycles. The van der Waals surface area contributed by atoms with E-state index in [2.05, 4.69) is 5.10 Å². The van der Waals surface area contributed by atoms with Crippen molar-refractivity contribution in [3.8, 4) is 5.75 Å². The maximum atomic E-state index is 13.2. The Balaban J connectivity index is 1.28. The number of rotatable bonds is 9. The molecule has 0 bridgehead atoms. The summed E-state index contributed by atoms with van der Waals surface area (Å²) in [6.45, 7) is 3.76. The van der Waals surface area contributed by atoms with Gasteiger partial charge in [-0.1, -0.05) is 13.8 Å². The van der Waals surface area contributed by atoms with Gasteiger partial charge in [-0.25, -0.2) is 9.80 Å². The lowest BCUT2D eigenvalue weighted by Gasteiger charge is -2.19. The zero-order valence-corrected chi connectivity index (χ0v) is 22.5. The summed E-state index contributed by atoms with van der Waals surface area (Å²) in [5.41, 5.74) is 1.97. The van der Waals surface area contributed by atoms with Crippen molar-refractivity contribution in [3.63, 3.8) is 0 Å². The number of ether oxygens (including phenoxy) is 2. The average Bonchev–Trinajstić information content (AvgIpc) is 3.70. The maximum Gasteiger partial charge on any atom is 0.338 e. The maximum absolute atomic E-state index is 13.2. The minimum absolute atomic E-state index is 0.0739. The summed E-state index contributed by atoms with van der Waals surface area (Å²) < 4.78 is 16.1. The van der Waals surface area contributed by atoms with E-state index >= 15 is 0 Å². The van der Waals surface area contributed by atoms with E-state index in [9.17, 15) is 19.2 Å². The molecule has 1 aromatic heterocycles. The van der Waals surface area contributed by atoms with Crippen LogP contribution in [0.2, 0.25) is 0 Å². The first-order chi connectivity index (χ1) is 19.3. The summed E-state index contributed by atoms with van der Waals surface area (Å²) in [6, 6.07) is 14.5. The number of methoxy groups -OCH3 is 1. The second kappa shape index (κ2) is 11.2. The van der Waals surface area contributed by atoms with Gasteiger partial charge in [0, 0.05) is 13.0 Å². The van der Waals surface area contributed by atoms with Crippen LogP contribution < -0.4 is 4.74 Å². The highest BCUT2D eigenvalue weighted by molar-refractivity contribution is 6.22. The monoisotopic (exact) mass is 543 g/mol. The van der Waals surface area contributed by atoms with Crippen LogP contribution in [0.4, 0.5) is 0 Å². The largest absolute Gasteiger partial charge is 0.497 e. The van der Waals surface area contributed by atoms with Crippen molar-refractivity contribution in [2.75, 3.05) is 20.3 Å². The lowest BCUT2D eigenvalue weighted by atomic mass is 10.0. The Kier molecular flexibility index (Phi) is 7.50. The molecule has 0 unspecified atom stereocenters. The number of fused-ring (bicyclic) bond motifs is 1. The minimum atomic E-state index is -0.787. The first-order valence-corrected chi connectivity index (χ1v) is 13.0. The molecule has 0 radical (unpaired) electrons. The molecule has 0 N–H and O–H groups in total. The van der Waals surface area contributed by atoms with Crippen molar-refractivity contribution < 1.29 is 33.1 Å². The quantitative estimate of drug-likeness (QED) is 0.289. The molecule has 10 nitrogen and oxygen atoms in total. The molecule has 5 rings (SSSR count). The third kappa shape index (κ3) is 5.25. The molecule has 3 aromatic rings. The molecule has 2 aliphatic heterocycles. The normalized spacial score (nSPS) is 16.4. The summed E-state index contributed by atoms with van der Waals surface area (Å²) in [6.07, 6.45) is 2.61. The molecule has 2 aliphatic rings. The highest BCUT2D eigenvalue weighted by Gasteiger charge is 2.37. The molecule has 3 heterocycles. The van der Waals surface area contributed by atoms with Gasteiger partial charge in [-0.05, 0) is 72.5 Å². The van der Waals surface area contributed by atoms with Gasteiger partial charge < -0.3 is 13.9 Å². The number of imide groups is 1. The molecule has 0 saturated carbocycles. The van der Waals surface area contributed by atoms with E-state index in [1.54, 1.807) is 19.2 Å². The van der Waals surface area contributed by atoms with Crippen LogP contribution in [0.25, 0.3) is 0 Å². The number of carbonyl (C=O) groups excluding carboxylic acids is 4. The highest BCUT2D eigenvalue weighted by atomic mass is 16.5. The fraction of sp³-hybridized carbons (Fsp3) is 0.300. The molecule has 0 fully saturated rings. The number of furan rings is 1. The Morgan fingerprint density at radius 1 is 1.05 bits per heavy atom. The average molecular weight is 544 g/mol. The predicted octanol–water partition coefficient (Wildman–Crippen LogP) is 4.47. The SMILES string of the molecule is COc1ccc(C2=NN(C(=O)COC(=O)c3ccc4c(c3)C(=O)N(CCC(C)C)C4=O)[C@H](c3ccco3)C2)cc1. The van der Waals surface area contributed by atoms with Gasteiger partial charge in [0.25, 0.3) is 17.7 Å². The molecule has 0 spiro atoms. The van der Waals surface area contributed by atoms with Crippen molar-refractivity contribution in [1.29, 1.82) is 0 Å². The Hall–Kier alpha value is -4.73. The summed E-state index contributed by atoms with van der Waals surface area (Å²) >= 11 is 0. The highest BCUT2D eigenvalue weighted by Crippen LogP contribution is 2.33. The van der Waals surface area contributed by atoms with Gasteiger partial charge in [-0.2, -0.15) is 5.10 Å². The number of nitrogens with zero attached hydrogens (tertiary/aromatic N) is 3. The predicted molar refractivity (Wildman–Crippen MR) is 144 cm³/mol. The molecule has 3 amide bonds. The second-order valence-corrected chi connectivity index (χ2v) is 10.0. The van der Waals surface area contributed by atoms with E-state index in [-0.39, 0.29) is 22.6 Å². The van der Waals surface area contributed by atoms with E-state index in [4.69, 9.17) is 13.9 Å². The Morgan fingerprint density at radius 3 is 2.48 bits per heavy atom. The van der Waals surface area contributed by atoms with Gasteiger partial charge >= 0.3 is 5.97 Å². The molecule has 0 saturated heterocycles. The Labute approximate surface area is 231 Å². The van der Waals surface area contributed by atoms with Crippen molar-refractivity contribution in [3.05, 3.63) is 88.9 Å². The van der Waals surface area contributed by atoms with Gasteiger partial charge in [0.2, 0.25) is 0 Å². The number of hydrazone groups is 1. The van der Waals surface area contributed by atoms with Crippen molar-refractivity contribution >= 4 is 29.4 Å². The molecular weight excluding hydrogens is 514 g/mol. The Bertz CT molecular complexity index is 1480. The van der Waals surface area contributed by atoms with E-state index in [0.717, 1.165) is 5.56 Å². The van der Waals surface area contributed by atoms with Crippen LogP contribution >= 0.6 is 0 Å². The van der Waals surface area contributed by atoms with Gasteiger partial charge in [-0.3, -0.25) is 19.3 Å². The summed E-state index contributed by atoms with van der Waals surface area (Å²) in [4.78, 5) is 52.7. The topological polar surface area (TPSA) is 119 Å². The zero-order valence-electron chi connectivity index (χ0n) is 22.5. The third-order valence-electron chi connectivity index (χ3n) is 6.92. The van der Waals surface area contributed by atoms with Gasteiger partial charge in [0.1, 0.15) is 17.6 Å². The van der Waals surface area contributed by atoms with Crippen LogP contribution in [0, 0.1) is 5.92 Å². The van der Waals surface area contributed by atoms with Crippen LogP contribution in [-0.4, -0.2) is 59.6 Å². The third-order valence-corrected chi connectivity index (χ3v) is 6.92. The van der Waals surface area contributed by atoms with Gasteiger partial charge in [0.15, 0.2) is 6.61 Å². The molecule has 1 atom stereocenters. The second-order valence-electron chi connectivity index (χ2n) is 10.0. The minimum Gasteiger partial charge on any atom is -0.497 e. The first-order valence-electron chi connectivity index (χ1n) is 13.0. The van der Waals surface area contributed by atoms with E-state index in [1.807, 2.05) is 38.1 Å². The van der Waals surface area contributed by atoms with Crippen LogP contribution in [0.3, 0.4) is 0 Å². The van der Waals surface area contributed by atoms with Crippen molar-refractivity contribution in [2.45, 2.75) is 32.7 Å². The van der Waals surface area contributed by atoms with Crippen LogP contribution in [-0.2, 0) is 9.53 Å². The number of hydrogen-bond donors (Lipinski definition) is 0. The number of carbonyl (C=O) groups is 4. The van der Waals surface area contributed by atoms with Gasteiger partial charge in [0.05, 0.1) is 35.8 Å². The summed E-state index contributed by atoms with van der Waals surface area (Å²) in [7, 11) is 1.58. The number of hydrogen-bond acceptors (Lipinski definition) is 8. The molecule has 40 heavy (non-hydrogen) atoms. The molecule has 10 heteroatoms. The zero-order chi connectivity index (χ0) is 28.4. The van der Waals surface area contributed by atoms with Crippen molar-refractivity contribution in [1.82, 2.24) is 9.91 Å². The van der Waals surface area contributed by atoms with E-state index in [1.165, 1.54) is 34.4 Å². The van der Waals surface area contributed by atoms with Crippen LogP contribution in [0.5, 0.6) is 5.75 Å². The fourth-order valence-electron chi connectivity index (χ4n) is 4.69. The summed E-state index contributed by atoms with van der Waals surface area (Å²) in [5.74, 6) is -0.562. The van der Waals surface area contributed by atoms with E-state index < -0.39 is 30.4 Å². The number of amides is 3. The Morgan fingerprint density at radius 2 is 1.80 bits per heavy atom. The standard InChI is InChI=1S/C30H29N3O7/c1-18(2)12-13-32-28(35)22-11-8-20(15-23(22)29(32)36)30(37)40-17-27(34)33-25(26-5-4-14-39-26)16-24(31-33)19-6-9-21(38-3)10-7-19/h4-11,14-15,18,25H,12-13,16-17H2,1-3H3/t25-/m0/s1. The number of benzene rings is 2. The van der Waals surface area contributed by atoms with Crippen LogP contribution in [0.15, 0.2) is 70.4 Å². The fourth-order valence-corrected chi connectivity index (χ4v) is 4.69. The van der Waals surface area contributed by atoms with Crippen molar-refractivity contribution in [2.24, 2.45) is 11.0 Å². The first kappa shape index (κ1) is 26.9. The van der Waals surface area contributed by atoms with E-state index in [0.29, 0.717) is 42.5 Å². The molecule has 2 aromatic carbocycles. The summed E-state index contributed by atoms with van der Waals surface area (Å²) in [5, 5.41) is 5.79. The number of esters is 1.